The van der Waals surface area contributed by atoms with Crippen molar-refractivity contribution in [1.29, 1.82) is 0 Å². The summed E-state index contributed by atoms with van der Waals surface area (Å²) >= 11 is 1.34. The standard InChI is InChI=1S/C16H14N2O4S/c19-18(20)14-8-11-3-4-16(21-6-7-22-16)13(11)9-15(14)23-12-2-1-5-17-10-12/h1-2,5,8-10H,3-4,6-7H2. The minimum absolute atomic E-state index is 0.118. The molecule has 0 saturated carbocycles. The Balaban J connectivity index is 1.79. The molecule has 1 spiro atoms. The third-order valence-electron chi connectivity index (χ3n) is 4.13. The topological polar surface area (TPSA) is 74.5 Å². The Labute approximate surface area is 137 Å². The van der Waals surface area contributed by atoms with E-state index in [9.17, 15) is 10.1 Å². The van der Waals surface area contributed by atoms with E-state index in [0.717, 1.165) is 22.4 Å². The first-order valence-corrected chi connectivity index (χ1v) is 8.17. The van der Waals surface area contributed by atoms with Crippen molar-refractivity contribution in [2.45, 2.75) is 28.4 Å². The van der Waals surface area contributed by atoms with Gasteiger partial charge in [0, 0.05) is 35.3 Å². The van der Waals surface area contributed by atoms with Crippen LogP contribution in [0.25, 0.3) is 0 Å². The van der Waals surface area contributed by atoms with Crippen molar-refractivity contribution >= 4 is 17.4 Å². The fraction of sp³-hybridized carbons (Fsp3) is 0.312. The van der Waals surface area contributed by atoms with Crippen LogP contribution in [0.2, 0.25) is 0 Å². The minimum atomic E-state index is -0.714. The molecular weight excluding hydrogens is 316 g/mol. The van der Waals surface area contributed by atoms with E-state index in [0.29, 0.717) is 24.5 Å². The molecule has 1 aromatic carbocycles. The lowest BCUT2D eigenvalue weighted by atomic mass is 10.1. The maximum Gasteiger partial charge on any atom is 0.283 e. The van der Waals surface area contributed by atoms with Crippen LogP contribution in [-0.2, 0) is 21.7 Å². The number of ether oxygens (including phenoxy) is 2. The molecule has 7 heteroatoms. The van der Waals surface area contributed by atoms with Crippen LogP contribution in [0.15, 0.2) is 46.5 Å². The number of fused-ring (bicyclic) bond motifs is 2. The zero-order chi connectivity index (χ0) is 15.9. The Bertz CT molecular complexity index is 760. The summed E-state index contributed by atoms with van der Waals surface area (Å²) in [5.41, 5.74) is 1.98. The number of nitrogens with zero attached hydrogens (tertiary/aromatic N) is 2. The van der Waals surface area contributed by atoms with Gasteiger partial charge in [0.1, 0.15) is 0 Å². The van der Waals surface area contributed by atoms with Gasteiger partial charge >= 0.3 is 0 Å². The van der Waals surface area contributed by atoms with Crippen LogP contribution in [0, 0.1) is 10.1 Å². The first-order valence-electron chi connectivity index (χ1n) is 7.35. The van der Waals surface area contributed by atoms with Crippen molar-refractivity contribution in [2.75, 3.05) is 13.2 Å². The van der Waals surface area contributed by atoms with Gasteiger partial charge in [-0.2, -0.15) is 0 Å². The summed E-state index contributed by atoms with van der Waals surface area (Å²) in [6, 6.07) is 7.20. The molecule has 2 aromatic rings. The molecule has 1 aliphatic carbocycles. The molecular formula is C16H14N2O4S. The van der Waals surface area contributed by atoms with Crippen LogP contribution in [0.3, 0.4) is 0 Å². The van der Waals surface area contributed by atoms with E-state index < -0.39 is 5.79 Å². The second-order valence-corrected chi connectivity index (χ2v) is 6.59. The van der Waals surface area contributed by atoms with Gasteiger partial charge in [-0.15, -0.1) is 0 Å². The highest BCUT2D eigenvalue weighted by molar-refractivity contribution is 7.99. The average Bonchev–Trinajstić information content (AvgIpc) is 3.17. The Morgan fingerprint density at radius 3 is 2.83 bits per heavy atom. The van der Waals surface area contributed by atoms with E-state index in [4.69, 9.17) is 9.47 Å². The third kappa shape index (κ3) is 2.50. The van der Waals surface area contributed by atoms with Crippen LogP contribution < -0.4 is 0 Å². The van der Waals surface area contributed by atoms with Crippen LogP contribution >= 0.6 is 11.8 Å². The molecule has 0 atom stereocenters. The van der Waals surface area contributed by atoms with Crippen LogP contribution in [0.5, 0.6) is 0 Å². The Morgan fingerprint density at radius 1 is 1.30 bits per heavy atom. The average molecular weight is 330 g/mol. The second kappa shape index (κ2) is 5.59. The number of benzene rings is 1. The molecule has 2 heterocycles. The lowest BCUT2D eigenvalue weighted by molar-refractivity contribution is -0.387. The molecule has 1 aliphatic heterocycles. The quantitative estimate of drug-likeness (QED) is 0.635. The molecule has 1 aromatic heterocycles. The largest absolute Gasteiger partial charge is 0.343 e. The zero-order valence-corrected chi connectivity index (χ0v) is 13.0. The molecule has 2 aliphatic rings. The number of hydrogen-bond donors (Lipinski definition) is 0. The van der Waals surface area contributed by atoms with E-state index in [-0.39, 0.29) is 10.6 Å². The molecule has 0 bridgehead atoms. The van der Waals surface area contributed by atoms with Gasteiger partial charge in [0.05, 0.1) is 23.0 Å². The molecule has 0 N–H and O–H groups in total. The summed E-state index contributed by atoms with van der Waals surface area (Å²) in [6.45, 7) is 1.11. The predicted octanol–water partition coefficient (Wildman–Crippen LogP) is 3.29. The number of pyridine rings is 1. The molecule has 6 nitrogen and oxygen atoms in total. The fourth-order valence-electron chi connectivity index (χ4n) is 3.12. The molecule has 23 heavy (non-hydrogen) atoms. The smallest absolute Gasteiger partial charge is 0.283 e. The van der Waals surface area contributed by atoms with E-state index in [2.05, 4.69) is 4.98 Å². The van der Waals surface area contributed by atoms with Crippen LogP contribution in [0.1, 0.15) is 17.5 Å². The van der Waals surface area contributed by atoms with Crippen molar-refractivity contribution in [3.63, 3.8) is 0 Å². The Morgan fingerprint density at radius 2 is 2.13 bits per heavy atom. The summed E-state index contributed by atoms with van der Waals surface area (Å²) in [4.78, 5) is 16.6. The summed E-state index contributed by atoms with van der Waals surface area (Å²) in [7, 11) is 0. The number of aryl methyl sites for hydroxylation is 1. The molecule has 0 amide bonds. The lowest BCUT2D eigenvalue weighted by Crippen LogP contribution is -2.23. The number of rotatable bonds is 3. The molecule has 1 fully saturated rings. The van der Waals surface area contributed by atoms with Crippen molar-refractivity contribution in [3.8, 4) is 0 Å². The molecule has 0 radical (unpaired) electrons. The van der Waals surface area contributed by atoms with Crippen molar-refractivity contribution in [1.82, 2.24) is 4.98 Å². The summed E-state index contributed by atoms with van der Waals surface area (Å²) in [5, 5.41) is 11.4. The number of nitro benzene ring substituents is 1. The van der Waals surface area contributed by atoms with Gasteiger partial charge in [-0.05, 0) is 30.2 Å². The summed E-state index contributed by atoms with van der Waals surface area (Å²) in [6.07, 6.45) is 4.81. The van der Waals surface area contributed by atoms with E-state index in [1.54, 1.807) is 18.5 Å². The van der Waals surface area contributed by atoms with Crippen molar-refractivity contribution in [3.05, 3.63) is 57.9 Å². The summed E-state index contributed by atoms with van der Waals surface area (Å²) in [5.74, 6) is -0.714. The van der Waals surface area contributed by atoms with E-state index in [1.807, 2.05) is 18.2 Å². The maximum atomic E-state index is 11.4. The van der Waals surface area contributed by atoms with Gasteiger partial charge in [-0.25, -0.2) is 0 Å². The van der Waals surface area contributed by atoms with Gasteiger partial charge < -0.3 is 9.47 Å². The van der Waals surface area contributed by atoms with Gasteiger partial charge in [-0.3, -0.25) is 15.1 Å². The van der Waals surface area contributed by atoms with Gasteiger partial charge in [0.25, 0.3) is 5.69 Å². The van der Waals surface area contributed by atoms with Gasteiger partial charge in [0.15, 0.2) is 5.79 Å². The van der Waals surface area contributed by atoms with Crippen LogP contribution in [0.4, 0.5) is 5.69 Å². The second-order valence-electron chi connectivity index (χ2n) is 5.47. The van der Waals surface area contributed by atoms with Crippen molar-refractivity contribution < 1.29 is 14.4 Å². The number of aromatic nitrogens is 1. The fourth-order valence-corrected chi connectivity index (χ4v) is 4.05. The highest BCUT2D eigenvalue weighted by atomic mass is 32.2. The molecule has 0 unspecified atom stereocenters. The normalized spacial score (nSPS) is 18.3. The van der Waals surface area contributed by atoms with Crippen molar-refractivity contribution in [2.24, 2.45) is 0 Å². The van der Waals surface area contributed by atoms with E-state index in [1.165, 1.54) is 11.8 Å². The van der Waals surface area contributed by atoms with E-state index >= 15 is 0 Å². The lowest BCUT2D eigenvalue weighted by Gasteiger charge is -2.23. The first-order chi connectivity index (χ1) is 11.2. The Hall–Kier alpha value is -1.96. The monoisotopic (exact) mass is 330 g/mol. The molecule has 4 rings (SSSR count). The third-order valence-corrected chi connectivity index (χ3v) is 5.16. The SMILES string of the molecule is O=[N+]([O-])c1cc2c(cc1Sc1cccnc1)C1(CC2)OCCO1. The Kier molecular flexibility index (Phi) is 3.56. The summed E-state index contributed by atoms with van der Waals surface area (Å²) < 4.78 is 11.6. The van der Waals surface area contributed by atoms with Crippen LogP contribution in [-0.4, -0.2) is 23.1 Å². The van der Waals surface area contributed by atoms with Gasteiger partial charge in [0.2, 0.25) is 0 Å². The highest BCUT2D eigenvalue weighted by Gasteiger charge is 2.45. The number of hydrogen-bond acceptors (Lipinski definition) is 6. The predicted molar refractivity (Wildman–Crippen MR) is 83.4 cm³/mol. The number of nitro groups is 1. The minimum Gasteiger partial charge on any atom is -0.343 e. The zero-order valence-electron chi connectivity index (χ0n) is 12.2. The molecule has 118 valence electrons. The highest BCUT2D eigenvalue weighted by Crippen LogP contribution is 2.47. The maximum absolute atomic E-state index is 11.4. The molecule has 1 saturated heterocycles. The van der Waals surface area contributed by atoms with Gasteiger partial charge in [-0.1, -0.05) is 11.8 Å². The first kappa shape index (κ1) is 14.6.